The SMILES string of the molecule is N=N[P+](c1ccccc1)(c1ccccc1)c1ccccc1. The number of nitrogens with one attached hydrogen (secondary N) is 1. The summed E-state index contributed by atoms with van der Waals surface area (Å²) in [7, 11) is -2.24. The average molecular weight is 291 g/mol. The van der Waals surface area contributed by atoms with Crippen LogP contribution >= 0.6 is 7.41 Å². The molecule has 1 N–H and O–H groups in total. The summed E-state index contributed by atoms with van der Waals surface area (Å²) in [6.45, 7) is 0. The van der Waals surface area contributed by atoms with Crippen LogP contribution in [-0.4, -0.2) is 0 Å². The van der Waals surface area contributed by atoms with Crippen molar-refractivity contribution in [1.29, 1.82) is 5.53 Å². The van der Waals surface area contributed by atoms with Gasteiger partial charge in [0.25, 0.3) is 7.41 Å². The van der Waals surface area contributed by atoms with Crippen LogP contribution in [0, 0.1) is 5.53 Å². The van der Waals surface area contributed by atoms with Crippen molar-refractivity contribution in [2.45, 2.75) is 0 Å². The number of benzene rings is 3. The van der Waals surface area contributed by atoms with Crippen molar-refractivity contribution in [2.75, 3.05) is 0 Å². The van der Waals surface area contributed by atoms with Crippen LogP contribution in [0.4, 0.5) is 0 Å². The summed E-state index contributed by atoms with van der Waals surface area (Å²) in [5, 5.41) is 3.33. The maximum absolute atomic E-state index is 7.99. The molecule has 0 aromatic heterocycles. The van der Waals surface area contributed by atoms with E-state index in [9.17, 15) is 0 Å². The minimum atomic E-state index is -2.24. The molecule has 3 heteroatoms. The molecule has 0 amide bonds. The molecule has 3 rings (SSSR count). The van der Waals surface area contributed by atoms with E-state index in [-0.39, 0.29) is 0 Å². The molecule has 0 atom stereocenters. The summed E-state index contributed by atoms with van der Waals surface area (Å²) in [5.41, 5.74) is 7.99. The quantitative estimate of drug-likeness (QED) is 0.558. The first kappa shape index (κ1) is 13.7. The molecule has 21 heavy (non-hydrogen) atoms. The Kier molecular flexibility index (Phi) is 3.89. The average Bonchev–Trinajstić information content (AvgIpc) is 2.59. The Morgan fingerprint density at radius 1 is 0.524 bits per heavy atom. The van der Waals surface area contributed by atoms with Crippen molar-refractivity contribution in [2.24, 2.45) is 4.88 Å². The molecule has 0 saturated carbocycles. The Bertz CT molecular complexity index is 615. The summed E-state index contributed by atoms with van der Waals surface area (Å²) >= 11 is 0. The van der Waals surface area contributed by atoms with Crippen LogP contribution in [0.25, 0.3) is 0 Å². The van der Waals surface area contributed by atoms with Crippen molar-refractivity contribution < 1.29 is 0 Å². The Balaban J connectivity index is 2.31. The van der Waals surface area contributed by atoms with E-state index in [1.807, 2.05) is 54.6 Å². The molecular weight excluding hydrogens is 275 g/mol. The molecule has 0 spiro atoms. The zero-order valence-corrected chi connectivity index (χ0v) is 12.4. The largest absolute Gasteiger partial charge is 0.253 e. The number of nitrogens with zero attached hydrogens (tertiary/aromatic N) is 1. The highest BCUT2D eigenvalue weighted by Crippen LogP contribution is 2.56. The van der Waals surface area contributed by atoms with E-state index >= 15 is 0 Å². The van der Waals surface area contributed by atoms with Gasteiger partial charge in [-0.25, -0.2) is 0 Å². The van der Waals surface area contributed by atoms with E-state index in [1.54, 1.807) is 0 Å². The highest BCUT2D eigenvalue weighted by molar-refractivity contribution is 7.94. The molecule has 2 nitrogen and oxygen atoms in total. The maximum atomic E-state index is 7.99. The van der Waals surface area contributed by atoms with Crippen LogP contribution in [0.1, 0.15) is 0 Å². The van der Waals surface area contributed by atoms with Gasteiger partial charge in [-0.2, -0.15) is 5.53 Å². The van der Waals surface area contributed by atoms with E-state index < -0.39 is 7.41 Å². The fourth-order valence-electron chi connectivity index (χ4n) is 2.55. The molecule has 0 radical (unpaired) electrons. The number of rotatable bonds is 4. The van der Waals surface area contributed by atoms with E-state index in [4.69, 9.17) is 5.53 Å². The van der Waals surface area contributed by atoms with Crippen molar-refractivity contribution in [1.82, 2.24) is 0 Å². The van der Waals surface area contributed by atoms with Crippen molar-refractivity contribution >= 4 is 23.3 Å². The molecule has 3 aromatic rings. The third-order valence-electron chi connectivity index (χ3n) is 3.54. The lowest BCUT2D eigenvalue weighted by atomic mass is 10.4. The van der Waals surface area contributed by atoms with Crippen molar-refractivity contribution in [3.63, 3.8) is 0 Å². The van der Waals surface area contributed by atoms with Crippen LogP contribution < -0.4 is 15.9 Å². The first-order valence-electron chi connectivity index (χ1n) is 6.83. The van der Waals surface area contributed by atoms with Crippen LogP contribution in [0.3, 0.4) is 0 Å². The Hall–Kier alpha value is -2.31. The van der Waals surface area contributed by atoms with Gasteiger partial charge in [-0.3, -0.25) is 0 Å². The van der Waals surface area contributed by atoms with Gasteiger partial charge >= 0.3 is 0 Å². The maximum Gasteiger partial charge on any atom is 0.253 e. The molecule has 0 saturated heterocycles. The van der Waals surface area contributed by atoms with Gasteiger partial charge in [-0.05, 0) is 41.3 Å². The van der Waals surface area contributed by atoms with Gasteiger partial charge in [0.1, 0.15) is 15.9 Å². The highest BCUT2D eigenvalue weighted by Gasteiger charge is 2.46. The first-order valence-corrected chi connectivity index (χ1v) is 8.57. The first-order chi connectivity index (χ1) is 10.4. The van der Waals surface area contributed by atoms with Gasteiger partial charge < -0.3 is 0 Å². The molecule has 0 unspecified atom stereocenters. The topological polar surface area (TPSA) is 36.2 Å². The predicted molar refractivity (Wildman–Crippen MR) is 90.3 cm³/mol. The van der Waals surface area contributed by atoms with Crippen LogP contribution in [0.2, 0.25) is 0 Å². The Labute approximate surface area is 125 Å². The van der Waals surface area contributed by atoms with Crippen LogP contribution in [-0.2, 0) is 0 Å². The Morgan fingerprint density at radius 2 is 0.810 bits per heavy atom. The summed E-state index contributed by atoms with van der Waals surface area (Å²) in [6, 6.07) is 30.5. The molecule has 0 bridgehead atoms. The monoisotopic (exact) mass is 291 g/mol. The second-order valence-electron chi connectivity index (χ2n) is 4.74. The van der Waals surface area contributed by atoms with Gasteiger partial charge in [-0.15, -0.1) is 0 Å². The minimum Gasteiger partial charge on any atom is -0.170 e. The predicted octanol–water partition coefficient (Wildman–Crippen LogP) is 3.93. The summed E-state index contributed by atoms with van der Waals surface area (Å²) in [4.78, 5) is 4.19. The van der Waals surface area contributed by atoms with E-state index in [1.165, 1.54) is 0 Å². The van der Waals surface area contributed by atoms with E-state index in [2.05, 4.69) is 41.3 Å². The summed E-state index contributed by atoms with van der Waals surface area (Å²) < 4.78 is 0. The third kappa shape index (κ3) is 2.39. The lowest BCUT2D eigenvalue weighted by molar-refractivity contribution is 1.23. The molecule has 0 fully saturated rings. The Morgan fingerprint density at radius 3 is 1.05 bits per heavy atom. The molecule has 0 aliphatic carbocycles. The van der Waals surface area contributed by atoms with Gasteiger partial charge in [0.15, 0.2) is 0 Å². The molecule has 0 aliphatic heterocycles. The number of hydrogen-bond acceptors (Lipinski definition) is 2. The van der Waals surface area contributed by atoms with Crippen molar-refractivity contribution in [3.8, 4) is 0 Å². The van der Waals surface area contributed by atoms with Gasteiger partial charge in [0, 0.05) is 0 Å². The second-order valence-corrected chi connectivity index (χ2v) is 7.76. The molecular formula is C18H16N2P+. The second kappa shape index (κ2) is 5.99. The zero-order valence-electron chi connectivity index (χ0n) is 11.6. The molecule has 0 heterocycles. The third-order valence-corrected chi connectivity index (χ3v) is 6.98. The van der Waals surface area contributed by atoms with Crippen LogP contribution in [0.15, 0.2) is 95.9 Å². The molecule has 3 aromatic carbocycles. The summed E-state index contributed by atoms with van der Waals surface area (Å²) in [5.74, 6) is 0. The lowest BCUT2D eigenvalue weighted by Gasteiger charge is -2.19. The van der Waals surface area contributed by atoms with E-state index in [0.29, 0.717) is 0 Å². The zero-order chi connectivity index (χ0) is 14.5. The number of hydrogen-bond donors (Lipinski definition) is 1. The normalized spacial score (nSPS) is 11.0. The summed E-state index contributed by atoms with van der Waals surface area (Å²) in [6.07, 6.45) is 0. The van der Waals surface area contributed by atoms with Gasteiger partial charge in [-0.1, -0.05) is 54.6 Å². The standard InChI is InChI=1S/C18H16N2P/c19-20-21(16-10-4-1-5-11-16,17-12-6-2-7-13-17)18-14-8-3-9-15-18/h1-15,19H/q+1. The van der Waals surface area contributed by atoms with Crippen molar-refractivity contribution in [3.05, 3.63) is 91.0 Å². The van der Waals surface area contributed by atoms with Gasteiger partial charge in [0.05, 0.1) is 0 Å². The highest BCUT2D eigenvalue weighted by atomic mass is 31.2. The smallest absolute Gasteiger partial charge is 0.170 e. The van der Waals surface area contributed by atoms with E-state index in [0.717, 1.165) is 15.9 Å². The lowest BCUT2D eigenvalue weighted by Crippen LogP contribution is -2.29. The minimum absolute atomic E-state index is 1.11. The van der Waals surface area contributed by atoms with Gasteiger partial charge in [0.2, 0.25) is 0 Å². The van der Waals surface area contributed by atoms with Crippen LogP contribution in [0.5, 0.6) is 0 Å². The molecule has 0 aliphatic rings. The fourth-order valence-corrected chi connectivity index (χ4v) is 5.60. The molecule has 102 valence electrons. The fraction of sp³-hybridized carbons (Fsp3) is 0.